The molecule has 1 aliphatic rings. The standard InChI is InChI=1S/C19H17FN2O/c1-21-17-8-4-7-16(20)15(17)11-18(21)19(23)22-10-9-13-5-2-3-6-14(13)12-22/h2-8,11H,9-10,12H2,1H3. The number of aromatic nitrogens is 1. The van der Waals surface area contributed by atoms with Crippen LogP contribution in [-0.2, 0) is 20.0 Å². The van der Waals surface area contributed by atoms with E-state index in [1.807, 2.05) is 30.1 Å². The van der Waals surface area contributed by atoms with Crippen LogP contribution in [0.25, 0.3) is 10.9 Å². The molecule has 0 saturated carbocycles. The molecule has 23 heavy (non-hydrogen) atoms. The maximum atomic E-state index is 13.9. The van der Waals surface area contributed by atoms with E-state index in [1.54, 1.807) is 16.7 Å². The van der Waals surface area contributed by atoms with Crippen LogP contribution in [-0.4, -0.2) is 21.9 Å². The summed E-state index contributed by atoms with van der Waals surface area (Å²) >= 11 is 0. The maximum absolute atomic E-state index is 13.9. The van der Waals surface area contributed by atoms with E-state index in [-0.39, 0.29) is 11.7 Å². The molecule has 0 bridgehead atoms. The quantitative estimate of drug-likeness (QED) is 0.675. The lowest BCUT2D eigenvalue weighted by Gasteiger charge is -2.29. The van der Waals surface area contributed by atoms with E-state index in [1.165, 1.54) is 17.2 Å². The zero-order valence-corrected chi connectivity index (χ0v) is 12.9. The first kappa shape index (κ1) is 14.0. The average Bonchev–Trinajstić information content (AvgIpc) is 2.92. The lowest BCUT2D eigenvalue weighted by Crippen LogP contribution is -2.36. The van der Waals surface area contributed by atoms with Gasteiger partial charge in [0, 0.05) is 25.5 Å². The summed E-state index contributed by atoms with van der Waals surface area (Å²) in [7, 11) is 1.81. The Morgan fingerprint density at radius 2 is 1.87 bits per heavy atom. The second kappa shape index (κ2) is 5.23. The highest BCUT2D eigenvalue weighted by Crippen LogP contribution is 2.25. The van der Waals surface area contributed by atoms with Gasteiger partial charge in [-0.15, -0.1) is 0 Å². The molecule has 0 aliphatic carbocycles. The monoisotopic (exact) mass is 308 g/mol. The fourth-order valence-electron chi connectivity index (χ4n) is 3.36. The van der Waals surface area contributed by atoms with E-state index in [4.69, 9.17) is 0 Å². The van der Waals surface area contributed by atoms with Gasteiger partial charge < -0.3 is 9.47 Å². The van der Waals surface area contributed by atoms with Gasteiger partial charge in [-0.3, -0.25) is 4.79 Å². The first-order valence-electron chi connectivity index (χ1n) is 7.75. The van der Waals surface area contributed by atoms with Crippen LogP contribution in [0.3, 0.4) is 0 Å². The molecule has 1 amide bonds. The van der Waals surface area contributed by atoms with Crippen molar-refractivity contribution in [3.05, 3.63) is 71.2 Å². The summed E-state index contributed by atoms with van der Waals surface area (Å²) in [5.74, 6) is -0.334. The molecular weight excluding hydrogens is 291 g/mol. The number of amides is 1. The van der Waals surface area contributed by atoms with E-state index in [2.05, 4.69) is 12.1 Å². The van der Waals surface area contributed by atoms with Crippen molar-refractivity contribution >= 4 is 16.8 Å². The molecule has 0 fully saturated rings. The topological polar surface area (TPSA) is 25.2 Å². The molecule has 3 aromatic rings. The summed E-state index contributed by atoms with van der Waals surface area (Å²) in [4.78, 5) is 14.7. The highest BCUT2D eigenvalue weighted by molar-refractivity contribution is 5.99. The molecule has 2 heterocycles. The van der Waals surface area contributed by atoms with Crippen molar-refractivity contribution in [1.82, 2.24) is 9.47 Å². The van der Waals surface area contributed by atoms with Crippen molar-refractivity contribution in [3.63, 3.8) is 0 Å². The first-order chi connectivity index (χ1) is 11.1. The molecule has 0 atom stereocenters. The number of benzene rings is 2. The Balaban J connectivity index is 1.71. The summed E-state index contributed by atoms with van der Waals surface area (Å²) in [6, 6.07) is 14.8. The van der Waals surface area contributed by atoms with Crippen molar-refractivity contribution in [3.8, 4) is 0 Å². The molecule has 0 spiro atoms. The fraction of sp³-hybridized carbons (Fsp3) is 0.211. The molecule has 0 radical (unpaired) electrons. The first-order valence-corrected chi connectivity index (χ1v) is 7.75. The average molecular weight is 308 g/mol. The predicted octanol–water partition coefficient (Wildman–Crippen LogP) is 3.52. The fourth-order valence-corrected chi connectivity index (χ4v) is 3.36. The Hall–Kier alpha value is -2.62. The second-order valence-electron chi connectivity index (χ2n) is 6.01. The zero-order valence-electron chi connectivity index (χ0n) is 12.9. The molecule has 0 unspecified atom stereocenters. The van der Waals surface area contributed by atoms with Crippen LogP contribution in [0.2, 0.25) is 0 Å². The van der Waals surface area contributed by atoms with Gasteiger partial charge in [-0.05, 0) is 35.7 Å². The molecule has 2 aromatic carbocycles. The Kier molecular flexibility index (Phi) is 3.18. The van der Waals surface area contributed by atoms with E-state index in [0.717, 1.165) is 11.9 Å². The van der Waals surface area contributed by atoms with Gasteiger partial charge in [-0.25, -0.2) is 4.39 Å². The van der Waals surface area contributed by atoms with Crippen LogP contribution < -0.4 is 0 Å². The molecule has 0 saturated heterocycles. The van der Waals surface area contributed by atoms with Crippen molar-refractivity contribution in [2.75, 3.05) is 6.54 Å². The van der Waals surface area contributed by atoms with Gasteiger partial charge >= 0.3 is 0 Å². The van der Waals surface area contributed by atoms with E-state index >= 15 is 0 Å². The number of halogens is 1. The van der Waals surface area contributed by atoms with Crippen LogP contribution >= 0.6 is 0 Å². The van der Waals surface area contributed by atoms with E-state index in [9.17, 15) is 9.18 Å². The number of fused-ring (bicyclic) bond motifs is 2. The van der Waals surface area contributed by atoms with Crippen molar-refractivity contribution < 1.29 is 9.18 Å². The Bertz CT molecular complexity index is 913. The molecular formula is C19H17FN2O. The predicted molar refractivity (Wildman–Crippen MR) is 87.8 cm³/mol. The molecule has 3 nitrogen and oxygen atoms in total. The van der Waals surface area contributed by atoms with Crippen molar-refractivity contribution in [2.24, 2.45) is 7.05 Å². The van der Waals surface area contributed by atoms with Gasteiger partial charge in [-0.1, -0.05) is 30.3 Å². The largest absolute Gasteiger partial charge is 0.340 e. The van der Waals surface area contributed by atoms with Gasteiger partial charge in [0.2, 0.25) is 0 Å². The molecule has 116 valence electrons. The number of nitrogens with zero attached hydrogens (tertiary/aromatic N) is 2. The van der Waals surface area contributed by atoms with Crippen LogP contribution in [0, 0.1) is 5.82 Å². The summed E-state index contributed by atoms with van der Waals surface area (Å²) in [5, 5.41) is 0.496. The normalized spacial score (nSPS) is 14.1. The minimum atomic E-state index is -0.291. The summed E-state index contributed by atoms with van der Waals surface area (Å²) in [6.07, 6.45) is 0.861. The number of carbonyl (C=O) groups is 1. The third-order valence-electron chi connectivity index (χ3n) is 4.67. The number of carbonyl (C=O) groups excluding carboxylic acids is 1. The maximum Gasteiger partial charge on any atom is 0.270 e. The van der Waals surface area contributed by atoms with Crippen LogP contribution in [0.1, 0.15) is 21.6 Å². The summed E-state index contributed by atoms with van der Waals surface area (Å²) in [5.41, 5.74) is 3.77. The number of hydrogen-bond donors (Lipinski definition) is 0. The SMILES string of the molecule is Cn1c(C(=O)N2CCc3ccccc3C2)cc2c(F)cccc21. The third-order valence-corrected chi connectivity index (χ3v) is 4.67. The van der Waals surface area contributed by atoms with Gasteiger partial charge in [-0.2, -0.15) is 0 Å². The second-order valence-corrected chi connectivity index (χ2v) is 6.01. The van der Waals surface area contributed by atoms with Crippen molar-refractivity contribution in [1.29, 1.82) is 0 Å². The Labute approximate surface area is 133 Å². The lowest BCUT2D eigenvalue weighted by molar-refractivity contribution is 0.0725. The van der Waals surface area contributed by atoms with Crippen LogP contribution in [0.15, 0.2) is 48.5 Å². The smallest absolute Gasteiger partial charge is 0.270 e. The summed E-state index contributed by atoms with van der Waals surface area (Å²) in [6.45, 7) is 1.30. The van der Waals surface area contributed by atoms with Gasteiger partial charge in [0.25, 0.3) is 5.91 Å². The highest BCUT2D eigenvalue weighted by Gasteiger charge is 2.24. The van der Waals surface area contributed by atoms with Crippen LogP contribution in [0.5, 0.6) is 0 Å². The number of aryl methyl sites for hydroxylation is 1. The zero-order chi connectivity index (χ0) is 16.0. The van der Waals surface area contributed by atoms with Gasteiger partial charge in [0.05, 0.1) is 5.52 Å². The van der Waals surface area contributed by atoms with Crippen molar-refractivity contribution in [2.45, 2.75) is 13.0 Å². The third kappa shape index (κ3) is 2.22. The van der Waals surface area contributed by atoms with Gasteiger partial charge in [0.15, 0.2) is 0 Å². The van der Waals surface area contributed by atoms with E-state index in [0.29, 0.717) is 24.2 Å². The lowest BCUT2D eigenvalue weighted by atomic mass is 10.00. The Morgan fingerprint density at radius 1 is 1.09 bits per heavy atom. The molecule has 1 aromatic heterocycles. The molecule has 0 N–H and O–H groups in total. The van der Waals surface area contributed by atoms with Gasteiger partial charge in [0.1, 0.15) is 11.5 Å². The van der Waals surface area contributed by atoms with Crippen LogP contribution in [0.4, 0.5) is 4.39 Å². The molecule has 4 rings (SSSR count). The molecule has 4 heteroatoms. The number of rotatable bonds is 1. The van der Waals surface area contributed by atoms with E-state index < -0.39 is 0 Å². The minimum Gasteiger partial charge on any atom is -0.340 e. The number of hydrogen-bond acceptors (Lipinski definition) is 1. The Morgan fingerprint density at radius 3 is 2.65 bits per heavy atom. The summed E-state index contributed by atoms with van der Waals surface area (Å²) < 4.78 is 15.7. The minimum absolute atomic E-state index is 0.0439. The molecule has 1 aliphatic heterocycles. The highest BCUT2D eigenvalue weighted by atomic mass is 19.1.